The van der Waals surface area contributed by atoms with Gasteiger partial charge in [0.05, 0.1) is 5.56 Å². The first-order valence-corrected chi connectivity index (χ1v) is 5.91. The quantitative estimate of drug-likeness (QED) is 0.749. The summed E-state index contributed by atoms with van der Waals surface area (Å²) >= 11 is 0. The lowest BCUT2D eigenvalue weighted by Gasteiger charge is -2.13. The summed E-state index contributed by atoms with van der Waals surface area (Å²) in [6, 6.07) is 4.85. The van der Waals surface area contributed by atoms with Crippen LogP contribution in [-0.2, 0) is 4.79 Å². The Morgan fingerprint density at radius 3 is 2.83 bits per heavy atom. The summed E-state index contributed by atoms with van der Waals surface area (Å²) < 4.78 is 0. The molecule has 0 saturated carbocycles. The van der Waals surface area contributed by atoms with E-state index in [9.17, 15) is 9.59 Å². The van der Waals surface area contributed by atoms with E-state index in [4.69, 9.17) is 5.73 Å². The Morgan fingerprint density at radius 1 is 1.50 bits per heavy atom. The molecule has 2 amide bonds. The minimum atomic E-state index is -0.428. The van der Waals surface area contributed by atoms with E-state index in [0.29, 0.717) is 24.2 Å². The molecule has 0 bridgehead atoms. The molecule has 5 heteroatoms. The van der Waals surface area contributed by atoms with Gasteiger partial charge < -0.3 is 16.0 Å². The number of benzene rings is 1. The number of nitrogens with one attached hydrogen (secondary N) is 1. The molecular formula is C13H17N3O2. The van der Waals surface area contributed by atoms with Crippen LogP contribution in [0.5, 0.6) is 0 Å². The zero-order valence-electron chi connectivity index (χ0n) is 10.6. The number of hydrogen-bond acceptors (Lipinski definition) is 3. The number of rotatable bonds is 2. The van der Waals surface area contributed by atoms with E-state index in [1.165, 1.54) is 0 Å². The van der Waals surface area contributed by atoms with Crippen molar-refractivity contribution >= 4 is 17.5 Å². The summed E-state index contributed by atoms with van der Waals surface area (Å²) in [5.41, 5.74) is 7.59. The van der Waals surface area contributed by atoms with Crippen LogP contribution >= 0.6 is 0 Å². The van der Waals surface area contributed by atoms with Gasteiger partial charge in [-0.15, -0.1) is 0 Å². The second-order valence-electron chi connectivity index (χ2n) is 4.67. The third-order valence-electron chi connectivity index (χ3n) is 3.19. The van der Waals surface area contributed by atoms with Crippen LogP contribution in [0.2, 0.25) is 0 Å². The summed E-state index contributed by atoms with van der Waals surface area (Å²) in [5.74, 6) is -0.334. The smallest absolute Gasteiger partial charge is 0.254 e. The predicted molar refractivity (Wildman–Crippen MR) is 69.1 cm³/mol. The zero-order chi connectivity index (χ0) is 13.3. The highest BCUT2D eigenvalue weighted by Gasteiger charge is 2.30. The van der Waals surface area contributed by atoms with Gasteiger partial charge in [0.2, 0.25) is 5.91 Å². The van der Waals surface area contributed by atoms with Gasteiger partial charge >= 0.3 is 0 Å². The average molecular weight is 247 g/mol. The van der Waals surface area contributed by atoms with Crippen LogP contribution in [0.15, 0.2) is 18.2 Å². The van der Waals surface area contributed by atoms with E-state index < -0.39 is 6.04 Å². The number of nitrogen functional groups attached to an aromatic ring is 1. The lowest BCUT2D eigenvalue weighted by molar-refractivity contribution is -0.128. The van der Waals surface area contributed by atoms with Crippen LogP contribution in [-0.4, -0.2) is 36.3 Å². The first kappa shape index (κ1) is 12.4. The molecule has 1 saturated heterocycles. The molecule has 0 radical (unpaired) electrons. The van der Waals surface area contributed by atoms with Crippen molar-refractivity contribution in [2.45, 2.75) is 19.4 Å². The molecule has 96 valence electrons. The number of hydrogen-bond donors (Lipinski definition) is 2. The Bertz CT molecular complexity index is 499. The third-order valence-corrected chi connectivity index (χ3v) is 3.19. The highest BCUT2D eigenvalue weighted by molar-refractivity contribution is 6.01. The summed E-state index contributed by atoms with van der Waals surface area (Å²) in [7, 11) is 1.73. The van der Waals surface area contributed by atoms with E-state index in [0.717, 1.165) is 5.56 Å². The van der Waals surface area contributed by atoms with Crippen LogP contribution in [0, 0.1) is 6.92 Å². The highest BCUT2D eigenvalue weighted by Crippen LogP contribution is 2.15. The van der Waals surface area contributed by atoms with Gasteiger partial charge in [0.25, 0.3) is 5.91 Å². The van der Waals surface area contributed by atoms with E-state index in [1.54, 1.807) is 24.1 Å². The number of carbonyl (C=O) groups excluding carboxylic acids is 2. The fourth-order valence-electron chi connectivity index (χ4n) is 2.06. The van der Waals surface area contributed by atoms with Crippen molar-refractivity contribution < 1.29 is 9.59 Å². The SMILES string of the molecule is Cc1ccc(N)c(C(=O)NC2CCN(C)C2=O)c1. The van der Waals surface area contributed by atoms with Crippen molar-refractivity contribution in [2.24, 2.45) is 0 Å². The standard InChI is InChI=1S/C13H17N3O2/c1-8-3-4-10(14)9(7-8)12(17)15-11-5-6-16(2)13(11)18/h3-4,7,11H,5-6,14H2,1-2H3,(H,15,17). The molecule has 1 aliphatic rings. The molecule has 1 aliphatic heterocycles. The Balaban J connectivity index is 2.13. The Kier molecular flexibility index (Phi) is 3.23. The summed E-state index contributed by atoms with van der Waals surface area (Å²) in [5, 5.41) is 2.73. The summed E-state index contributed by atoms with van der Waals surface area (Å²) in [6.07, 6.45) is 0.646. The lowest BCUT2D eigenvalue weighted by Crippen LogP contribution is -2.40. The molecule has 1 unspecified atom stereocenters. The molecule has 1 aromatic carbocycles. The molecule has 18 heavy (non-hydrogen) atoms. The van der Waals surface area contributed by atoms with Gasteiger partial charge in [-0.1, -0.05) is 11.6 Å². The monoisotopic (exact) mass is 247 g/mol. The van der Waals surface area contributed by atoms with Crippen LogP contribution in [0.4, 0.5) is 5.69 Å². The Labute approximate surface area is 106 Å². The summed E-state index contributed by atoms with van der Waals surface area (Å²) in [6.45, 7) is 2.57. The molecule has 0 spiro atoms. The highest BCUT2D eigenvalue weighted by atomic mass is 16.2. The van der Waals surface area contributed by atoms with Crippen LogP contribution in [0.1, 0.15) is 22.3 Å². The lowest BCUT2D eigenvalue weighted by atomic mass is 10.1. The van der Waals surface area contributed by atoms with Gasteiger partial charge in [-0.05, 0) is 25.5 Å². The van der Waals surface area contributed by atoms with Gasteiger partial charge in [-0.25, -0.2) is 0 Å². The predicted octanol–water partition coefficient (Wildman–Crippen LogP) is 0.538. The third kappa shape index (κ3) is 2.30. The van der Waals surface area contributed by atoms with Crippen molar-refractivity contribution in [3.8, 4) is 0 Å². The fraction of sp³-hybridized carbons (Fsp3) is 0.385. The molecule has 2 rings (SSSR count). The van der Waals surface area contributed by atoms with Crippen molar-refractivity contribution in [2.75, 3.05) is 19.3 Å². The first-order chi connectivity index (χ1) is 8.49. The number of likely N-dealkylation sites (N-methyl/N-ethyl adjacent to an activating group) is 1. The van der Waals surface area contributed by atoms with Gasteiger partial charge in [-0.2, -0.15) is 0 Å². The van der Waals surface area contributed by atoms with Crippen LogP contribution in [0.3, 0.4) is 0 Å². The number of amides is 2. The van der Waals surface area contributed by atoms with E-state index >= 15 is 0 Å². The minimum absolute atomic E-state index is 0.0467. The molecule has 0 aromatic heterocycles. The first-order valence-electron chi connectivity index (χ1n) is 5.91. The molecular weight excluding hydrogens is 230 g/mol. The number of nitrogens with two attached hydrogens (primary N) is 1. The number of carbonyl (C=O) groups is 2. The molecule has 1 aromatic rings. The molecule has 1 heterocycles. The number of likely N-dealkylation sites (tertiary alicyclic amines) is 1. The molecule has 1 fully saturated rings. The average Bonchev–Trinajstić information content (AvgIpc) is 2.64. The van der Waals surface area contributed by atoms with Crippen molar-refractivity contribution in [3.05, 3.63) is 29.3 Å². The Hall–Kier alpha value is -2.04. The Morgan fingerprint density at radius 2 is 2.22 bits per heavy atom. The van der Waals surface area contributed by atoms with Crippen molar-refractivity contribution in [1.82, 2.24) is 10.2 Å². The van der Waals surface area contributed by atoms with Gasteiger partial charge in [0.1, 0.15) is 6.04 Å². The number of anilines is 1. The van der Waals surface area contributed by atoms with Crippen LogP contribution in [0.25, 0.3) is 0 Å². The fourth-order valence-corrected chi connectivity index (χ4v) is 2.06. The van der Waals surface area contributed by atoms with Crippen molar-refractivity contribution in [3.63, 3.8) is 0 Å². The topological polar surface area (TPSA) is 75.4 Å². The maximum Gasteiger partial charge on any atom is 0.254 e. The molecule has 0 aliphatic carbocycles. The van der Waals surface area contributed by atoms with E-state index in [2.05, 4.69) is 5.32 Å². The molecule has 1 atom stereocenters. The molecule has 3 N–H and O–H groups in total. The number of aryl methyl sites for hydroxylation is 1. The second kappa shape index (κ2) is 4.68. The largest absolute Gasteiger partial charge is 0.398 e. The van der Waals surface area contributed by atoms with E-state index in [-0.39, 0.29) is 11.8 Å². The van der Waals surface area contributed by atoms with E-state index in [1.807, 2.05) is 13.0 Å². The zero-order valence-corrected chi connectivity index (χ0v) is 10.6. The normalized spacial score (nSPS) is 19.1. The van der Waals surface area contributed by atoms with Gasteiger partial charge in [0, 0.05) is 19.3 Å². The number of nitrogens with zero attached hydrogens (tertiary/aromatic N) is 1. The second-order valence-corrected chi connectivity index (χ2v) is 4.67. The van der Waals surface area contributed by atoms with Gasteiger partial charge in [-0.3, -0.25) is 9.59 Å². The van der Waals surface area contributed by atoms with Gasteiger partial charge in [0.15, 0.2) is 0 Å². The van der Waals surface area contributed by atoms with Crippen molar-refractivity contribution in [1.29, 1.82) is 0 Å². The summed E-state index contributed by atoms with van der Waals surface area (Å²) in [4.78, 5) is 25.4. The van der Waals surface area contributed by atoms with Crippen LogP contribution < -0.4 is 11.1 Å². The maximum absolute atomic E-state index is 12.1. The maximum atomic E-state index is 12.1. The molecule has 5 nitrogen and oxygen atoms in total. The minimum Gasteiger partial charge on any atom is -0.398 e.